The van der Waals surface area contributed by atoms with Crippen molar-refractivity contribution in [2.24, 2.45) is 0 Å². The van der Waals surface area contributed by atoms with E-state index in [-0.39, 0.29) is 0 Å². The average molecular weight is 154 g/mol. The molecular weight excluding hydrogens is 148 g/mol. The fourth-order valence-corrected chi connectivity index (χ4v) is 0.0589. The van der Waals surface area contributed by atoms with Crippen molar-refractivity contribution in [2.75, 3.05) is 0 Å². The molecule has 0 aliphatic carbocycles. The highest BCUT2D eigenvalue weighted by Crippen LogP contribution is 1.59. The molecule has 2 N–H and O–H groups in total. The lowest BCUT2D eigenvalue weighted by atomic mass is 10.5. The van der Waals surface area contributed by atoms with E-state index in [0.717, 1.165) is 0 Å². The van der Waals surface area contributed by atoms with Crippen LogP contribution in [0.4, 0.5) is 0 Å². The van der Waals surface area contributed by atoms with Crippen molar-refractivity contribution in [3.05, 3.63) is 0 Å². The van der Waals surface area contributed by atoms with Gasteiger partial charge in [0.2, 0.25) is 0 Å². The highest BCUT2D eigenvalue weighted by atomic mass is 16.4. The summed E-state index contributed by atoms with van der Waals surface area (Å²) in [5.41, 5.74) is 0. The van der Waals surface area contributed by atoms with Gasteiger partial charge in [-0.1, -0.05) is 11.8 Å². The Morgan fingerprint density at radius 2 is 1.36 bits per heavy atom. The van der Waals surface area contributed by atoms with Gasteiger partial charge in [-0.15, -0.1) is 12.8 Å². The molecular formula is C7H6O4. The zero-order chi connectivity index (χ0) is 9.28. The Kier molecular flexibility index (Phi) is 8.65. The molecule has 11 heavy (non-hydrogen) atoms. The number of carbonyl (C=O) groups is 2. The summed E-state index contributed by atoms with van der Waals surface area (Å²) in [7, 11) is 0. The summed E-state index contributed by atoms with van der Waals surface area (Å²) in [4.78, 5) is 18.2. The Bertz CT molecular complexity index is 192. The second-order valence-electron chi connectivity index (χ2n) is 1.20. The zero-order valence-electron chi connectivity index (χ0n) is 5.57. The number of hydrogen-bond donors (Lipinski definition) is 2. The standard InChI is InChI=1S/C5H4.C2H2O4/c1-3-5-4-2;3-1(4)2(5)6/h1-2H,5H2;(H,3,4)(H,5,6). The van der Waals surface area contributed by atoms with Crippen molar-refractivity contribution in [1.29, 1.82) is 0 Å². The molecule has 0 bridgehead atoms. The van der Waals surface area contributed by atoms with Gasteiger partial charge in [0.15, 0.2) is 0 Å². The maximum Gasteiger partial charge on any atom is 0.414 e. The van der Waals surface area contributed by atoms with Crippen LogP contribution in [0, 0.1) is 24.7 Å². The van der Waals surface area contributed by atoms with Gasteiger partial charge in [0.1, 0.15) is 0 Å². The molecule has 0 aliphatic rings. The SMILES string of the molecule is C#CCC#C.O=C(O)C(=O)O. The minimum Gasteiger partial charge on any atom is -0.473 e. The normalized spacial score (nSPS) is 6.00. The van der Waals surface area contributed by atoms with Crippen LogP contribution in [0.5, 0.6) is 0 Å². The van der Waals surface area contributed by atoms with Crippen molar-refractivity contribution < 1.29 is 19.8 Å². The van der Waals surface area contributed by atoms with E-state index in [1.54, 1.807) is 0 Å². The van der Waals surface area contributed by atoms with Crippen molar-refractivity contribution in [2.45, 2.75) is 6.42 Å². The Hall–Kier alpha value is -1.94. The fraction of sp³-hybridized carbons (Fsp3) is 0.143. The Morgan fingerprint density at radius 1 is 1.09 bits per heavy atom. The van der Waals surface area contributed by atoms with E-state index in [0.29, 0.717) is 6.42 Å². The van der Waals surface area contributed by atoms with E-state index in [9.17, 15) is 0 Å². The van der Waals surface area contributed by atoms with E-state index in [1.807, 2.05) is 0 Å². The smallest absolute Gasteiger partial charge is 0.414 e. The largest absolute Gasteiger partial charge is 0.473 e. The van der Waals surface area contributed by atoms with Crippen LogP contribution in [0.1, 0.15) is 6.42 Å². The van der Waals surface area contributed by atoms with Crippen LogP contribution >= 0.6 is 0 Å². The van der Waals surface area contributed by atoms with Gasteiger partial charge in [-0.05, 0) is 0 Å². The number of hydrogen-bond acceptors (Lipinski definition) is 2. The number of aliphatic carboxylic acids is 2. The quantitative estimate of drug-likeness (QED) is 0.374. The number of rotatable bonds is 0. The van der Waals surface area contributed by atoms with Crippen LogP contribution < -0.4 is 0 Å². The van der Waals surface area contributed by atoms with Crippen LogP contribution in [-0.2, 0) is 9.59 Å². The fourth-order valence-electron chi connectivity index (χ4n) is 0.0589. The zero-order valence-corrected chi connectivity index (χ0v) is 5.57. The summed E-state index contributed by atoms with van der Waals surface area (Å²) in [6, 6.07) is 0. The second kappa shape index (κ2) is 8.06. The Morgan fingerprint density at radius 3 is 1.36 bits per heavy atom. The predicted octanol–water partition coefficient (Wildman–Crippen LogP) is -0.201. The van der Waals surface area contributed by atoms with Crippen molar-refractivity contribution in [1.82, 2.24) is 0 Å². The average Bonchev–Trinajstić information content (AvgIpc) is 1.90. The summed E-state index contributed by atoms with van der Waals surface area (Å²) in [5.74, 6) is 0.914. The third-order valence-corrected chi connectivity index (χ3v) is 0.387. The highest BCUT2D eigenvalue weighted by Gasteiger charge is 2.04. The first-order chi connectivity index (χ1) is 5.06. The van der Waals surface area contributed by atoms with Crippen LogP contribution in [-0.4, -0.2) is 22.2 Å². The molecule has 0 aliphatic heterocycles. The van der Waals surface area contributed by atoms with Gasteiger partial charge < -0.3 is 10.2 Å². The van der Waals surface area contributed by atoms with Gasteiger partial charge in [-0.3, -0.25) is 0 Å². The third kappa shape index (κ3) is 18.0. The molecule has 0 spiro atoms. The van der Waals surface area contributed by atoms with Gasteiger partial charge in [0, 0.05) is 0 Å². The van der Waals surface area contributed by atoms with Crippen LogP contribution in [0.3, 0.4) is 0 Å². The summed E-state index contributed by atoms with van der Waals surface area (Å²) >= 11 is 0. The van der Waals surface area contributed by atoms with Gasteiger partial charge >= 0.3 is 11.9 Å². The Balaban J connectivity index is 0. The van der Waals surface area contributed by atoms with Gasteiger partial charge in [-0.2, -0.15) is 0 Å². The molecule has 0 aromatic heterocycles. The molecule has 0 amide bonds. The first-order valence-corrected chi connectivity index (χ1v) is 2.39. The van der Waals surface area contributed by atoms with Crippen LogP contribution in [0.15, 0.2) is 0 Å². The minimum atomic E-state index is -1.82. The highest BCUT2D eigenvalue weighted by molar-refractivity contribution is 6.27. The molecule has 0 rings (SSSR count). The monoisotopic (exact) mass is 154 g/mol. The lowest BCUT2D eigenvalue weighted by Gasteiger charge is -1.72. The second-order valence-corrected chi connectivity index (χ2v) is 1.20. The van der Waals surface area contributed by atoms with E-state index in [2.05, 4.69) is 11.8 Å². The predicted molar refractivity (Wildman–Crippen MR) is 37.6 cm³/mol. The summed E-state index contributed by atoms with van der Waals surface area (Å²) < 4.78 is 0. The molecule has 0 saturated heterocycles. The molecule has 58 valence electrons. The van der Waals surface area contributed by atoms with Gasteiger partial charge in [-0.25, -0.2) is 9.59 Å². The first-order valence-electron chi connectivity index (χ1n) is 2.39. The van der Waals surface area contributed by atoms with Gasteiger partial charge in [0.05, 0.1) is 6.42 Å². The molecule has 4 nitrogen and oxygen atoms in total. The van der Waals surface area contributed by atoms with E-state index < -0.39 is 11.9 Å². The topological polar surface area (TPSA) is 74.6 Å². The molecule has 4 heteroatoms. The first kappa shape index (κ1) is 11.8. The molecule has 0 saturated carbocycles. The lowest BCUT2D eigenvalue weighted by Crippen LogP contribution is -2.09. The molecule has 0 radical (unpaired) electrons. The summed E-state index contributed by atoms with van der Waals surface area (Å²) in [6.07, 6.45) is 9.94. The number of terminal acetylenes is 2. The minimum absolute atomic E-state index is 0.444. The number of carboxylic acid groups (broad SMARTS) is 2. The molecule has 0 unspecified atom stereocenters. The summed E-state index contributed by atoms with van der Waals surface area (Å²) in [6.45, 7) is 0. The van der Waals surface area contributed by atoms with Crippen molar-refractivity contribution in [3.8, 4) is 24.7 Å². The van der Waals surface area contributed by atoms with E-state index in [4.69, 9.17) is 32.6 Å². The molecule has 0 atom stereocenters. The maximum absolute atomic E-state index is 9.10. The molecule has 0 aromatic rings. The lowest BCUT2D eigenvalue weighted by molar-refractivity contribution is -0.159. The van der Waals surface area contributed by atoms with Crippen molar-refractivity contribution >= 4 is 11.9 Å². The molecule has 0 fully saturated rings. The third-order valence-electron chi connectivity index (χ3n) is 0.387. The summed E-state index contributed by atoms with van der Waals surface area (Å²) in [5, 5.41) is 14.8. The van der Waals surface area contributed by atoms with E-state index >= 15 is 0 Å². The van der Waals surface area contributed by atoms with Gasteiger partial charge in [0.25, 0.3) is 0 Å². The maximum atomic E-state index is 9.10. The number of carboxylic acids is 2. The van der Waals surface area contributed by atoms with Crippen molar-refractivity contribution in [3.63, 3.8) is 0 Å². The van der Waals surface area contributed by atoms with E-state index in [1.165, 1.54) is 0 Å². The molecule has 0 aromatic carbocycles. The molecule has 0 heterocycles. The van der Waals surface area contributed by atoms with Crippen LogP contribution in [0.25, 0.3) is 0 Å². The Labute approximate surface area is 63.8 Å². The van der Waals surface area contributed by atoms with Crippen LogP contribution in [0.2, 0.25) is 0 Å².